The summed E-state index contributed by atoms with van der Waals surface area (Å²) in [6.45, 7) is 3.82. The van der Waals surface area contributed by atoms with Crippen molar-refractivity contribution in [2.45, 2.75) is 19.5 Å². The highest BCUT2D eigenvalue weighted by atomic mass is 16.5. The topological polar surface area (TPSA) is 85.0 Å². The van der Waals surface area contributed by atoms with Gasteiger partial charge in [-0.05, 0) is 24.1 Å². The summed E-state index contributed by atoms with van der Waals surface area (Å²) in [4.78, 5) is 33.2. The molecule has 9 nitrogen and oxygen atoms in total. The van der Waals surface area contributed by atoms with E-state index >= 15 is 0 Å². The van der Waals surface area contributed by atoms with Crippen LogP contribution in [0.5, 0.6) is 5.75 Å². The van der Waals surface area contributed by atoms with Crippen molar-refractivity contribution in [3.05, 3.63) is 58.9 Å². The number of fused-ring (bicyclic) bond motifs is 1. The lowest BCUT2D eigenvalue weighted by Crippen LogP contribution is -2.39. The van der Waals surface area contributed by atoms with E-state index in [-0.39, 0.29) is 18.1 Å². The minimum atomic E-state index is -0.327. The summed E-state index contributed by atoms with van der Waals surface area (Å²) in [5, 5.41) is 4.19. The second kappa shape index (κ2) is 8.44. The third-order valence-corrected chi connectivity index (χ3v) is 5.18. The highest BCUT2D eigenvalue weighted by Crippen LogP contribution is 2.14. The van der Waals surface area contributed by atoms with Gasteiger partial charge in [-0.3, -0.25) is 14.7 Å². The third kappa shape index (κ3) is 4.29. The summed E-state index contributed by atoms with van der Waals surface area (Å²) in [6.07, 6.45) is 5.47. The van der Waals surface area contributed by atoms with Crippen LogP contribution < -0.4 is 10.4 Å². The Bertz CT molecular complexity index is 1040. The maximum Gasteiger partial charge on any atom is 0.350 e. The molecule has 152 valence electrons. The van der Waals surface area contributed by atoms with Crippen LogP contribution in [0.3, 0.4) is 0 Å². The molecule has 3 heterocycles. The van der Waals surface area contributed by atoms with E-state index in [1.807, 2.05) is 17.0 Å². The zero-order valence-electron chi connectivity index (χ0n) is 16.4. The monoisotopic (exact) mass is 396 g/mol. The van der Waals surface area contributed by atoms with Gasteiger partial charge in [0.2, 0.25) is 5.91 Å². The van der Waals surface area contributed by atoms with E-state index in [2.05, 4.69) is 27.1 Å². The Hall–Kier alpha value is -3.20. The third-order valence-electron chi connectivity index (χ3n) is 5.18. The van der Waals surface area contributed by atoms with Crippen LogP contribution in [0.4, 0.5) is 0 Å². The van der Waals surface area contributed by atoms with Gasteiger partial charge in [-0.2, -0.15) is 0 Å². The van der Waals surface area contributed by atoms with Gasteiger partial charge in [0.15, 0.2) is 5.65 Å². The maximum absolute atomic E-state index is 12.8. The van der Waals surface area contributed by atoms with Gasteiger partial charge in [0.25, 0.3) is 0 Å². The van der Waals surface area contributed by atoms with Crippen molar-refractivity contribution < 1.29 is 9.53 Å². The van der Waals surface area contributed by atoms with E-state index in [1.54, 1.807) is 13.3 Å². The van der Waals surface area contributed by atoms with Crippen LogP contribution in [0, 0.1) is 0 Å². The number of nitrogens with zero attached hydrogens (tertiary/aromatic N) is 6. The van der Waals surface area contributed by atoms with Crippen molar-refractivity contribution in [3.8, 4) is 5.75 Å². The van der Waals surface area contributed by atoms with E-state index in [9.17, 15) is 9.59 Å². The normalized spacial score (nSPS) is 15.4. The molecule has 1 aliphatic heterocycles. The first-order valence-corrected chi connectivity index (χ1v) is 9.66. The van der Waals surface area contributed by atoms with Crippen molar-refractivity contribution in [1.82, 2.24) is 29.0 Å². The molecule has 0 spiro atoms. The maximum atomic E-state index is 12.8. The number of carbonyl (C=O) groups is 1. The predicted octanol–water partition coefficient (Wildman–Crippen LogP) is 0.634. The Morgan fingerprint density at radius 1 is 1.14 bits per heavy atom. The highest BCUT2D eigenvalue weighted by molar-refractivity contribution is 5.76. The van der Waals surface area contributed by atoms with Crippen LogP contribution in [0.25, 0.3) is 5.65 Å². The van der Waals surface area contributed by atoms with Crippen LogP contribution in [0.2, 0.25) is 0 Å². The average molecular weight is 396 g/mol. The fourth-order valence-electron chi connectivity index (χ4n) is 3.58. The van der Waals surface area contributed by atoms with Gasteiger partial charge in [0.1, 0.15) is 12.3 Å². The molecule has 1 saturated heterocycles. The Kier molecular flexibility index (Phi) is 5.57. The standard InChI is InChI=1S/C20H24N6O3/c1-29-17-5-3-16(4-6-17)14-23-8-2-9-24(12-11-23)19(27)15-26-20(28)25-10-7-21-13-18(25)22-26/h3-7,10,13H,2,8-9,11-12,14-15H2,1H3. The average Bonchev–Trinajstić information content (AvgIpc) is 2.91. The second-order valence-corrected chi connectivity index (χ2v) is 7.10. The van der Waals surface area contributed by atoms with Crippen LogP contribution in [0.1, 0.15) is 12.0 Å². The fourth-order valence-corrected chi connectivity index (χ4v) is 3.58. The second-order valence-electron chi connectivity index (χ2n) is 7.10. The number of amides is 1. The van der Waals surface area contributed by atoms with Gasteiger partial charge in [0.05, 0.1) is 13.3 Å². The summed E-state index contributed by atoms with van der Waals surface area (Å²) in [5.74, 6) is 0.758. The van der Waals surface area contributed by atoms with Crippen molar-refractivity contribution in [3.63, 3.8) is 0 Å². The molecule has 0 N–H and O–H groups in total. The predicted molar refractivity (Wildman–Crippen MR) is 107 cm³/mol. The number of rotatable bonds is 5. The van der Waals surface area contributed by atoms with E-state index < -0.39 is 0 Å². The smallest absolute Gasteiger partial charge is 0.350 e. The van der Waals surface area contributed by atoms with Crippen LogP contribution >= 0.6 is 0 Å². The van der Waals surface area contributed by atoms with Crippen molar-refractivity contribution >= 4 is 11.6 Å². The molecule has 1 aliphatic rings. The molecular formula is C20H24N6O3. The molecular weight excluding hydrogens is 372 g/mol. The summed E-state index contributed by atoms with van der Waals surface area (Å²) in [5.41, 5.74) is 1.33. The molecule has 2 aromatic heterocycles. The van der Waals surface area contributed by atoms with Gasteiger partial charge in [-0.25, -0.2) is 13.9 Å². The van der Waals surface area contributed by atoms with Gasteiger partial charge in [-0.15, -0.1) is 5.10 Å². The molecule has 0 saturated carbocycles. The Balaban J connectivity index is 1.36. The zero-order valence-corrected chi connectivity index (χ0v) is 16.4. The van der Waals surface area contributed by atoms with Crippen LogP contribution in [-0.2, 0) is 17.9 Å². The lowest BCUT2D eigenvalue weighted by Gasteiger charge is -2.22. The summed E-state index contributed by atoms with van der Waals surface area (Å²) >= 11 is 0. The molecule has 1 aromatic carbocycles. The SMILES string of the molecule is COc1ccc(CN2CCCN(C(=O)Cn3nc4cnccn4c3=O)CC2)cc1. The Morgan fingerprint density at radius 2 is 1.97 bits per heavy atom. The number of ether oxygens (including phenoxy) is 1. The first-order valence-electron chi connectivity index (χ1n) is 9.66. The number of aromatic nitrogens is 4. The highest BCUT2D eigenvalue weighted by Gasteiger charge is 2.21. The van der Waals surface area contributed by atoms with E-state index in [0.29, 0.717) is 18.7 Å². The van der Waals surface area contributed by atoms with Crippen molar-refractivity contribution in [2.24, 2.45) is 0 Å². The van der Waals surface area contributed by atoms with E-state index in [1.165, 1.54) is 27.0 Å². The molecule has 0 radical (unpaired) electrons. The zero-order chi connectivity index (χ0) is 20.2. The molecule has 0 aliphatic carbocycles. The van der Waals surface area contributed by atoms with E-state index in [4.69, 9.17) is 4.74 Å². The quantitative estimate of drug-likeness (QED) is 0.629. The number of benzene rings is 1. The summed E-state index contributed by atoms with van der Waals surface area (Å²) in [6, 6.07) is 8.06. The van der Waals surface area contributed by atoms with Gasteiger partial charge < -0.3 is 9.64 Å². The molecule has 29 heavy (non-hydrogen) atoms. The number of methoxy groups -OCH3 is 1. The molecule has 4 rings (SSSR count). The summed E-state index contributed by atoms with van der Waals surface area (Å²) in [7, 11) is 1.66. The van der Waals surface area contributed by atoms with Crippen molar-refractivity contribution in [2.75, 3.05) is 33.3 Å². The molecule has 0 atom stereocenters. The largest absolute Gasteiger partial charge is 0.497 e. The number of hydrogen-bond acceptors (Lipinski definition) is 6. The first-order chi connectivity index (χ1) is 14.1. The lowest BCUT2D eigenvalue weighted by molar-refractivity contribution is -0.132. The van der Waals surface area contributed by atoms with E-state index in [0.717, 1.165) is 31.8 Å². The van der Waals surface area contributed by atoms with Crippen LogP contribution in [-0.4, -0.2) is 68.2 Å². The molecule has 9 heteroatoms. The van der Waals surface area contributed by atoms with Gasteiger partial charge >= 0.3 is 5.69 Å². The number of hydrogen-bond donors (Lipinski definition) is 0. The summed E-state index contributed by atoms with van der Waals surface area (Å²) < 4.78 is 7.80. The molecule has 1 amide bonds. The number of carbonyl (C=O) groups excluding carboxylic acids is 1. The molecule has 1 fully saturated rings. The minimum absolute atomic E-state index is 0.0566. The van der Waals surface area contributed by atoms with Gasteiger partial charge in [-0.1, -0.05) is 12.1 Å². The lowest BCUT2D eigenvalue weighted by atomic mass is 10.2. The Labute approximate surface area is 168 Å². The van der Waals surface area contributed by atoms with Crippen molar-refractivity contribution in [1.29, 1.82) is 0 Å². The molecule has 0 unspecified atom stereocenters. The fraction of sp³-hybridized carbons (Fsp3) is 0.400. The minimum Gasteiger partial charge on any atom is -0.497 e. The molecule has 3 aromatic rings. The van der Waals surface area contributed by atoms with Gasteiger partial charge in [0, 0.05) is 45.1 Å². The molecule has 0 bridgehead atoms. The Morgan fingerprint density at radius 3 is 2.72 bits per heavy atom. The first kappa shape index (κ1) is 19.1. The van der Waals surface area contributed by atoms with Crippen LogP contribution in [0.15, 0.2) is 47.7 Å².